The molecule has 0 amide bonds. The van der Waals surface area contributed by atoms with Gasteiger partial charge >= 0.3 is 0 Å². The first-order chi connectivity index (χ1) is 8.69. The summed E-state index contributed by atoms with van der Waals surface area (Å²) in [5.41, 5.74) is 6.90. The molecule has 94 valence electrons. The van der Waals surface area contributed by atoms with Crippen LogP contribution in [0.1, 0.15) is 11.1 Å². The van der Waals surface area contributed by atoms with Gasteiger partial charge in [-0.2, -0.15) is 0 Å². The number of hydrogen-bond acceptors (Lipinski definition) is 3. The van der Waals surface area contributed by atoms with Gasteiger partial charge in [-0.05, 0) is 29.3 Å². The van der Waals surface area contributed by atoms with Crippen molar-refractivity contribution in [1.82, 2.24) is 4.98 Å². The number of aromatic nitrogens is 1. The van der Waals surface area contributed by atoms with Gasteiger partial charge in [-0.1, -0.05) is 23.7 Å². The lowest BCUT2D eigenvalue weighted by molar-refractivity contribution is 0.615. The number of pyridine rings is 1. The molecule has 0 fully saturated rings. The Kier molecular flexibility index (Phi) is 4.58. The summed E-state index contributed by atoms with van der Waals surface area (Å²) in [4.78, 5) is 4.15. The molecule has 0 radical (unpaired) electrons. The monoisotopic (exact) mass is 282 g/mol. The van der Waals surface area contributed by atoms with Gasteiger partial charge in [0.05, 0.1) is 10.0 Å². The second kappa shape index (κ2) is 6.18. The molecule has 0 atom stereocenters. The van der Waals surface area contributed by atoms with E-state index in [-0.39, 0.29) is 5.82 Å². The van der Waals surface area contributed by atoms with E-state index in [2.05, 4.69) is 4.98 Å². The van der Waals surface area contributed by atoms with E-state index < -0.39 is 0 Å². The third-order valence-electron chi connectivity index (χ3n) is 2.43. The molecule has 2 nitrogen and oxygen atoms in total. The van der Waals surface area contributed by atoms with Crippen molar-refractivity contribution in [3.8, 4) is 0 Å². The summed E-state index contributed by atoms with van der Waals surface area (Å²) < 4.78 is 13.7. The molecule has 0 aliphatic carbocycles. The average Bonchev–Trinajstić information content (AvgIpc) is 2.39. The Bertz CT molecular complexity index is 531. The van der Waals surface area contributed by atoms with Crippen molar-refractivity contribution < 1.29 is 4.39 Å². The first-order valence-corrected chi connectivity index (χ1v) is 6.77. The van der Waals surface area contributed by atoms with Crippen molar-refractivity contribution in [2.24, 2.45) is 5.73 Å². The Morgan fingerprint density at radius 3 is 2.72 bits per heavy atom. The standard InChI is InChI=1S/C13H12ClFN2S/c14-11-3-4-13(17-7-11)18-8-10-2-1-9(6-16)5-12(10)15/h1-5,7H,6,8,16H2. The summed E-state index contributed by atoms with van der Waals surface area (Å²) in [7, 11) is 0. The molecule has 2 aromatic rings. The highest BCUT2D eigenvalue weighted by atomic mass is 35.5. The van der Waals surface area contributed by atoms with E-state index in [9.17, 15) is 4.39 Å². The number of benzene rings is 1. The maximum atomic E-state index is 13.7. The fourth-order valence-electron chi connectivity index (χ4n) is 1.43. The van der Waals surface area contributed by atoms with E-state index in [4.69, 9.17) is 17.3 Å². The minimum absolute atomic E-state index is 0.223. The number of halogens is 2. The highest BCUT2D eigenvalue weighted by Crippen LogP contribution is 2.23. The Labute approximate surface area is 114 Å². The number of nitrogens with zero attached hydrogens (tertiary/aromatic N) is 1. The summed E-state index contributed by atoms with van der Waals surface area (Å²) in [5, 5.41) is 1.42. The molecule has 2 N–H and O–H groups in total. The molecule has 0 bridgehead atoms. The molecule has 1 aromatic heterocycles. The third kappa shape index (κ3) is 3.45. The summed E-state index contributed by atoms with van der Waals surface area (Å²) in [6.45, 7) is 0.350. The summed E-state index contributed by atoms with van der Waals surface area (Å²) in [6.07, 6.45) is 1.58. The number of rotatable bonds is 4. The Morgan fingerprint density at radius 2 is 2.11 bits per heavy atom. The summed E-state index contributed by atoms with van der Waals surface area (Å²) in [6, 6.07) is 8.67. The highest BCUT2D eigenvalue weighted by molar-refractivity contribution is 7.98. The topological polar surface area (TPSA) is 38.9 Å². The Balaban J connectivity index is 2.04. The van der Waals surface area contributed by atoms with Crippen LogP contribution in [0.4, 0.5) is 4.39 Å². The molecular weight excluding hydrogens is 271 g/mol. The van der Waals surface area contributed by atoms with Crippen LogP contribution < -0.4 is 5.73 Å². The van der Waals surface area contributed by atoms with Gasteiger partial charge in [0.25, 0.3) is 0 Å². The van der Waals surface area contributed by atoms with Gasteiger partial charge in [-0.3, -0.25) is 0 Å². The van der Waals surface area contributed by atoms with Gasteiger partial charge in [0.15, 0.2) is 0 Å². The minimum atomic E-state index is -0.223. The van der Waals surface area contributed by atoms with Crippen LogP contribution in [-0.4, -0.2) is 4.98 Å². The molecule has 0 aliphatic heterocycles. The van der Waals surface area contributed by atoms with Crippen LogP contribution in [0.25, 0.3) is 0 Å². The van der Waals surface area contributed by atoms with E-state index in [0.717, 1.165) is 10.6 Å². The lowest BCUT2D eigenvalue weighted by atomic mass is 10.1. The maximum absolute atomic E-state index is 13.7. The second-order valence-electron chi connectivity index (χ2n) is 3.73. The third-order valence-corrected chi connectivity index (χ3v) is 3.65. The predicted molar refractivity (Wildman–Crippen MR) is 73.1 cm³/mol. The molecule has 1 aromatic carbocycles. The Morgan fingerprint density at radius 1 is 1.28 bits per heavy atom. The predicted octanol–water partition coefficient (Wildman–Crippen LogP) is 3.63. The molecular formula is C13H12ClFN2S. The number of thioether (sulfide) groups is 1. The smallest absolute Gasteiger partial charge is 0.127 e. The zero-order chi connectivity index (χ0) is 13.0. The normalized spacial score (nSPS) is 10.6. The van der Waals surface area contributed by atoms with Crippen molar-refractivity contribution in [3.05, 3.63) is 58.5 Å². The van der Waals surface area contributed by atoms with Gasteiger partial charge in [0.1, 0.15) is 5.82 Å². The fraction of sp³-hybridized carbons (Fsp3) is 0.154. The average molecular weight is 283 g/mol. The van der Waals surface area contributed by atoms with Crippen molar-refractivity contribution in [1.29, 1.82) is 0 Å². The van der Waals surface area contributed by atoms with Crippen LogP contribution >= 0.6 is 23.4 Å². The number of hydrogen-bond donors (Lipinski definition) is 1. The Hall–Kier alpha value is -1.10. The molecule has 0 saturated heterocycles. The van der Waals surface area contributed by atoms with Gasteiger partial charge in [-0.25, -0.2) is 9.37 Å². The molecule has 0 unspecified atom stereocenters. The first-order valence-electron chi connectivity index (χ1n) is 5.41. The molecule has 5 heteroatoms. The van der Waals surface area contributed by atoms with Gasteiger partial charge in [0, 0.05) is 18.5 Å². The molecule has 0 spiro atoms. The van der Waals surface area contributed by atoms with Crippen LogP contribution in [0.15, 0.2) is 41.6 Å². The molecule has 0 aliphatic rings. The van der Waals surface area contributed by atoms with Gasteiger partial charge < -0.3 is 5.73 Å². The molecule has 18 heavy (non-hydrogen) atoms. The van der Waals surface area contributed by atoms with Crippen LogP contribution in [0, 0.1) is 5.82 Å². The fourth-order valence-corrected chi connectivity index (χ4v) is 2.37. The van der Waals surface area contributed by atoms with Crippen LogP contribution in [-0.2, 0) is 12.3 Å². The largest absolute Gasteiger partial charge is 0.326 e. The van der Waals surface area contributed by atoms with Crippen LogP contribution in [0.2, 0.25) is 5.02 Å². The van der Waals surface area contributed by atoms with Crippen molar-refractivity contribution >= 4 is 23.4 Å². The van der Waals surface area contributed by atoms with Crippen LogP contribution in [0.5, 0.6) is 0 Å². The maximum Gasteiger partial charge on any atom is 0.127 e. The van der Waals surface area contributed by atoms with E-state index in [1.54, 1.807) is 18.3 Å². The summed E-state index contributed by atoms with van der Waals surface area (Å²) >= 11 is 7.21. The summed E-state index contributed by atoms with van der Waals surface area (Å²) in [5.74, 6) is 0.310. The SMILES string of the molecule is NCc1ccc(CSc2ccc(Cl)cn2)c(F)c1. The van der Waals surface area contributed by atoms with E-state index >= 15 is 0 Å². The molecule has 0 saturated carbocycles. The number of nitrogens with two attached hydrogens (primary N) is 1. The lowest BCUT2D eigenvalue weighted by Gasteiger charge is -2.05. The highest BCUT2D eigenvalue weighted by Gasteiger charge is 2.04. The first kappa shape index (κ1) is 13.3. The van der Waals surface area contributed by atoms with E-state index in [1.165, 1.54) is 17.8 Å². The quantitative estimate of drug-likeness (QED) is 0.871. The zero-order valence-electron chi connectivity index (χ0n) is 9.57. The van der Waals surface area contributed by atoms with Crippen molar-refractivity contribution in [3.63, 3.8) is 0 Å². The van der Waals surface area contributed by atoms with Crippen LogP contribution in [0.3, 0.4) is 0 Å². The molecule has 2 rings (SSSR count). The van der Waals surface area contributed by atoms with E-state index in [0.29, 0.717) is 22.9 Å². The van der Waals surface area contributed by atoms with Crippen molar-refractivity contribution in [2.45, 2.75) is 17.3 Å². The second-order valence-corrected chi connectivity index (χ2v) is 5.17. The molecule has 1 heterocycles. The minimum Gasteiger partial charge on any atom is -0.326 e. The zero-order valence-corrected chi connectivity index (χ0v) is 11.1. The van der Waals surface area contributed by atoms with Gasteiger partial charge in [-0.15, -0.1) is 11.8 Å². The van der Waals surface area contributed by atoms with Gasteiger partial charge in [0.2, 0.25) is 0 Å². The lowest BCUT2D eigenvalue weighted by Crippen LogP contribution is -1.98. The van der Waals surface area contributed by atoms with E-state index in [1.807, 2.05) is 12.1 Å². The van der Waals surface area contributed by atoms with Crippen molar-refractivity contribution in [2.75, 3.05) is 0 Å².